The fourth-order valence-corrected chi connectivity index (χ4v) is 0.109. The first kappa shape index (κ1) is 11.5. The maximum Gasteiger partial charge on any atom is 0.188 e. The Morgan fingerprint density at radius 1 is 1.22 bits per heavy atom. The second-order valence-electron chi connectivity index (χ2n) is 0.826. The fourth-order valence-electron chi connectivity index (χ4n) is 0.109. The van der Waals surface area contributed by atoms with E-state index in [1.165, 1.54) is 0 Å². The van der Waals surface area contributed by atoms with Gasteiger partial charge in [0.2, 0.25) is 0 Å². The van der Waals surface area contributed by atoms with Crippen LogP contribution in [0.2, 0.25) is 0 Å². The summed E-state index contributed by atoms with van der Waals surface area (Å²) in [5, 5.41) is 6.90. The SMILES string of the molecule is FCCOCF.OCF. The van der Waals surface area contributed by atoms with Gasteiger partial charge in [0.1, 0.15) is 6.67 Å². The minimum atomic E-state index is -1.25. The smallest absolute Gasteiger partial charge is 0.188 e. The number of hydrogen-bond acceptors (Lipinski definition) is 2. The van der Waals surface area contributed by atoms with E-state index < -0.39 is 20.4 Å². The van der Waals surface area contributed by atoms with Crippen LogP contribution in [0.5, 0.6) is 0 Å². The molecule has 0 atom stereocenters. The van der Waals surface area contributed by atoms with Crippen molar-refractivity contribution in [2.24, 2.45) is 0 Å². The summed E-state index contributed by atoms with van der Waals surface area (Å²) < 4.78 is 35.5. The molecule has 0 aromatic carbocycles. The molecule has 0 radical (unpaired) electrons. The van der Waals surface area contributed by atoms with Crippen LogP contribution in [-0.4, -0.2) is 32.1 Å². The molecule has 0 saturated heterocycles. The van der Waals surface area contributed by atoms with Crippen molar-refractivity contribution >= 4 is 0 Å². The Morgan fingerprint density at radius 3 is 1.78 bits per heavy atom. The maximum atomic E-state index is 10.9. The summed E-state index contributed by atoms with van der Waals surface area (Å²) in [7, 11) is 0. The van der Waals surface area contributed by atoms with E-state index in [-0.39, 0.29) is 6.61 Å². The maximum absolute atomic E-state index is 10.9. The Labute approximate surface area is 51.2 Å². The molecule has 58 valence electrons. The Hall–Kier alpha value is -0.290. The highest BCUT2D eigenvalue weighted by molar-refractivity contribution is 4.16. The topological polar surface area (TPSA) is 29.5 Å². The van der Waals surface area contributed by atoms with Crippen LogP contribution < -0.4 is 0 Å². The summed E-state index contributed by atoms with van der Waals surface area (Å²) in [6, 6.07) is 0. The highest BCUT2D eigenvalue weighted by atomic mass is 19.1. The van der Waals surface area contributed by atoms with Gasteiger partial charge < -0.3 is 9.84 Å². The van der Waals surface area contributed by atoms with E-state index in [9.17, 15) is 13.2 Å². The molecule has 5 heteroatoms. The van der Waals surface area contributed by atoms with E-state index in [1.54, 1.807) is 0 Å². The molecule has 0 saturated carbocycles. The third kappa shape index (κ3) is 34.2. The minimum Gasteiger partial charge on any atom is -0.366 e. The first-order chi connectivity index (χ1) is 4.33. The molecular formula is C4H9F3O2. The van der Waals surface area contributed by atoms with Crippen molar-refractivity contribution in [3.8, 4) is 0 Å². The number of aliphatic hydroxyl groups excluding tert-OH is 1. The summed E-state index contributed by atoms with van der Waals surface area (Å²) in [5.41, 5.74) is 0. The number of alkyl halides is 3. The third-order valence-electron chi connectivity index (χ3n) is 0.299. The average Bonchev–Trinajstić information content (AvgIpc) is 1.86. The molecule has 0 spiro atoms. The molecule has 0 unspecified atom stereocenters. The van der Waals surface area contributed by atoms with Crippen molar-refractivity contribution in [1.82, 2.24) is 0 Å². The van der Waals surface area contributed by atoms with Crippen LogP contribution >= 0.6 is 0 Å². The second-order valence-corrected chi connectivity index (χ2v) is 0.826. The lowest BCUT2D eigenvalue weighted by atomic mass is 10.8. The molecule has 0 aromatic rings. The van der Waals surface area contributed by atoms with Gasteiger partial charge >= 0.3 is 0 Å². The van der Waals surface area contributed by atoms with E-state index in [0.717, 1.165) is 0 Å². The van der Waals surface area contributed by atoms with Gasteiger partial charge in [0.15, 0.2) is 13.7 Å². The van der Waals surface area contributed by atoms with Gasteiger partial charge in [-0.2, -0.15) is 0 Å². The highest BCUT2D eigenvalue weighted by Gasteiger charge is 1.78. The Kier molecular flexibility index (Phi) is 20.0. The first-order valence-electron chi connectivity index (χ1n) is 2.20. The molecule has 0 aliphatic rings. The van der Waals surface area contributed by atoms with Crippen LogP contribution in [0.4, 0.5) is 13.2 Å². The monoisotopic (exact) mass is 146 g/mol. The zero-order chi connectivity index (χ0) is 7.54. The molecule has 1 N–H and O–H groups in total. The molecule has 0 bridgehead atoms. The summed E-state index contributed by atoms with van der Waals surface area (Å²) in [4.78, 5) is 0. The summed E-state index contributed by atoms with van der Waals surface area (Å²) >= 11 is 0. The zero-order valence-corrected chi connectivity index (χ0v) is 4.82. The van der Waals surface area contributed by atoms with Gasteiger partial charge in [-0.1, -0.05) is 0 Å². The predicted octanol–water partition coefficient (Wildman–Crippen LogP) is 0.805. The van der Waals surface area contributed by atoms with Gasteiger partial charge in [-0.3, -0.25) is 0 Å². The highest BCUT2D eigenvalue weighted by Crippen LogP contribution is 1.73. The van der Waals surface area contributed by atoms with Crippen LogP contribution in [0, 0.1) is 0 Å². The molecule has 2 nitrogen and oxygen atoms in total. The second kappa shape index (κ2) is 15.6. The third-order valence-corrected chi connectivity index (χ3v) is 0.299. The van der Waals surface area contributed by atoms with Gasteiger partial charge in [-0.15, -0.1) is 0 Å². The molecule has 0 aliphatic heterocycles. The summed E-state index contributed by atoms with van der Waals surface area (Å²) in [6.45, 7) is -2.87. The number of halogens is 3. The van der Waals surface area contributed by atoms with Gasteiger partial charge in [0, 0.05) is 0 Å². The lowest BCUT2D eigenvalue weighted by Crippen LogP contribution is -1.92. The largest absolute Gasteiger partial charge is 0.366 e. The quantitative estimate of drug-likeness (QED) is 0.597. The van der Waals surface area contributed by atoms with Crippen molar-refractivity contribution in [3.05, 3.63) is 0 Å². The van der Waals surface area contributed by atoms with Crippen LogP contribution in [0.3, 0.4) is 0 Å². The normalized spacial score (nSPS) is 8.00. The van der Waals surface area contributed by atoms with Crippen molar-refractivity contribution < 1.29 is 23.0 Å². The minimum absolute atomic E-state index is 0.128. The molecule has 9 heavy (non-hydrogen) atoms. The number of aliphatic hydroxyl groups is 1. The van der Waals surface area contributed by atoms with Gasteiger partial charge in [-0.25, -0.2) is 13.2 Å². The zero-order valence-electron chi connectivity index (χ0n) is 4.82. The van der Waals surface area contributed by atoms with Gasteiger partial charge in [-0.05, 0) is 0 Å². The van der Waals surface area contributed by atoms with Gasteiger partial charge in [0.25, 0.3) is 0 Å². The Morgan fingerprint density at radius 2 is 1.67 bits per heavy atom. The van der Waals surface area contributed by atoms with Crippen LogP contribution in [0.15, 0.2) is 0 Å². The average molecular weight is 146 g/mol. The summed E-state index contributed by atoms with van der Waals surface area (Å²) in [6.07, 6.45) is 0. The molecule has 0 aliphatic carbocycles. The van der Waals surface area contributed by atoms with E-state index in [0.29, 0.717) is 0 Å². The van der Waals surface area contributed by atoms with Crippen molar-refractivity contribution in [2.75, 3.05) is 27.0 Å². The molecule has 0 rings (SSSR count). The van der Waals surface area contributed by atoms with E-state index in [1.807, 2.05) is 0 Å². The molecule has 0 aromatic heterocycles. The van der Waals surface area contributed by atoms with Crippen molar-refractivity contribution in [2.45, 2.75) is 0 Å². The Balaban J connectivity index is 0. The number of hydrogen-bond donors (Lipinski definition) is 1. The number of rotatable bonds is 3. The Bertz CT molecular complexity index is 33.0. The molecule has 0 amide bonds. The van der Waals surface area contributed by atoms with Gasteiger partial charge in [0.05, 0.1) is 6.61 Å². The lowest BCUT2D eigenvalue weighted by Gasteiger charge is -1.87. The molecule has 0 heterocycles. The van der Waals surface area contributed by atoms with Crippen LogP contribution in [0.1, 0.15) is 0 Å². The predicted molar refractivity (Wildman–Crippen MR) is 26.1 cm³/mol. The van der Waals surface area contributed by atoms with Crippen molar-refractivity contribution in [1.29, 1.82) is 0 Å². The van der Waals surface area contributed by atoms with Crippen molar-refractivity contribution in [3.63, 3.8) is 0 Å². The lowest BCUT2D eigenvalue weighted by molar-refractivity contribution is 0.0494. The van der Waals surface area contributed by atoms with Crippen LogP contribution in [0.25, 0.3) is 0 Å². The molecule has 0 fully saturated rings. The van der Waals surface area contributed by atoms with E-state index in [2.05, 4.69) is 4.74 Å². The standard InChI is InChI=1S/C3H6F2O.CH3FO/c4-1-2-6-3-5;2-1-3/h1-3H2;3H,1H2. The first-order valence-corrected chi connectivity index (χ1v) is 2.20. The number of ether oxygens (including phenoxy) is 1. The van der Waals surface area contributed by atoms with E-state index >= 15 is 0 Å². The molecular weight excluding hydrogens is 137 g/mol. The summed E-state index contributed by atoms with van der Waals surface area (Å²) in [5.74, 6) is 0. The van der Waals surface area contributed by atoms with E-state index in [4.69, 9.17) is 5.11 Å². The fraction of sp³-hybridized carbons (Fsp3) is 1.00. The van der Waals surface area contributed by atoms with Crippen LogP contribution in [-0.2, 0) is 4.74 Å².